The Balaban J connectivity index is 0.00000196. The zero-order chi connectivity index (χ0) is 17.6. The zero-order valence-electron chi connectivity index (χ0n) is 13.9. The predicted molar refractivity (Wildman–Crippen MR) is 86.7 cm³/mol. The minimum Gasteiger partial charge on any atom is -0.356 e. The van der Waals surface area contributed by atoms with Gasteiger partial charge in [-0.1, -0.05) is 6.92 Å². The molecule has 0 unspecified atom stereocenters. The van der Waals surface area contributed by atoms with E-state index in [0.717, 1.165) is 31.7 Å². The van der Waals surface area contributed by atoms with Crippen LogP contribution in [0.5, 0.6) is 0 Å². The van der Waals surface area contributed by atoms with Crippen molar-refractivity contribution in [3.8, 4) is 11.4 Å². The van der Waals surface area contributed by atoms with Gasteiger partial charge in [-0.05, 0) is 24.8 Å². The summed E-state index contributed by atoms with van der Waals surface area (Å²) in [6.07, 6.45) is 3.72. The molecule has 0 atom stereocenters. The number of nitrogens with zero attached hydrogens (tertiary/aromatic N) is 5. The molecule has 0 spiro atoms. The van der Waals surface area contributed by atoms with Crippen LogP contribution in [0.15, 0.2) is 24.4 Å². The van der Waals surface area contributed by atoms with E-state index in [1.165, 1.54) is 4.52 Å². The van der Waals surface area contributed by atoms with Crippen LogP contribution in [0, 0.1) is 23.4 Å². The summed E-state index contributed by atoms with van der Waals surface area (Å²) in [6, 6.07) is 3.04. The van der Waals surface area contributed by atoms with Gasteiger partial charge in [-0.2, -0.15) is 9.50 Å². The summed E-state index contributed by atoms with van der Waals surface area (Å²) in [4.78, 5) is 10.4. The third kappa shape index (κ3) is 3.29. The van der Waals surface area contributed by atoms with Gasteiger partial charge in [-0.25, -0.2) is 18.2 Å². The molecule has 0 bridgehead atoms. The summed E-state index contributed by atoms with van der Waals surface area (Å²) in [6.45, 7) is 3.95. The van der Waals surface area contributed by atoms with E-state index in [0.29, 0.717) is 18.1 Å². The quantitative estimate of drug-likeness (QED) is 0.607. The van der Waals surface area contributed by atoms with Crippen molar-refractivity contribution in [2.24, 2.45) is 5.92 Å². The molecule has 1 aliphatic heterocycles. The van der Waals surface area contributed by atoms with Gasteiger partial charge in [0.1, 0.15) is 23.3 Å². The van der Waals surface area contributed by atoms with Crippen molar-refractivity contribution in [2.45, 2.75) is 19.8 Å². The van der Waals surface area contributed by atoms with Crippen LogP contribution >= 0.6 is 0 Å². The Kier molecular flexibility index (Phi) is 5.20. The molecular formula is C17H16CuF3N5. The number of anilines is 1. The molecule has 2 aromatic heterocycles. The molecular weight excluding hydrogens is 395 g/mol. The predicted octanol–water partition coefficient (Wildman–Crippen LogP) is 3.44. The Morgan fingerprint density at radius 3 is 2.38 bits per heavy atom. The first kappa shape index (κ1) is 18.7. The first-order chi connectivity index (χ1) is 12.0. The van der Waals surface area contributed by atoms with Crippen molar-refractivity contribution in [3.63, 3.8) is 0 Å². The summed E-state index contributed by atoms with van der Waals surface area (Å²) in [5.74, 6) is -1.53. The van der Waals surface area contributed by atoms with E-state index in [9.17, 15) is 13.2 Å². The molecule has 1 aromatic carbocycles. The molecule has 9 heteroatoms. The molecule has 0 aliphatic carbocycles. The van der Waals surface area contributed by atoms with Crippen molar-refractivity contribution >= 4 is 11.6 Å². The topological polar surface area (TPSA) is 46.3 Å². The number of aromatic nitrogens is 4. The van der Waals surface area contributed by atoms with Crippen LogP contribution in [0.4, 0.5) is 19.0 Å². The molecule has 1 saturated heterocycles. The van der Waals surface area contributed by atoms with Gasteiger partial charge < -0.3 is 4.90 Å². The molecule has 0 N–H and O–H groups in total. The van der Waals surface area contributed by atoms with Crippen LogP contribution in [0.2, 0.25) is 0 Å². The van der Waals surface area contributed by atoms with Gasteiger partial charge in [0.2, 0.25) is 0 Å². The Morgan fingerprint density at radius 2 is 1.73 bits per heavy atom. The van der Waals surface area contributed by atoms with Crippen LogP contribution < -0.4 is 4.90 Å². The molecule has 5 nitrogen and oxygen atoms in total. The number of fused-ring (bicyclic) bond motifs is 1. The van der Waals surface area contributed by atoms with E-state index < -0.39 is 23.0 Å². The SMILES string of the molecule is CC1CCN(c2ccnc3nc(-c4c(F)cc(F)cc4F)nn23)CC1.[Cu]. The second kappa shape index (κ2) is 7.25. The van der Waals surface area contributed by atoms with Crippen molar-refractivity contribution in [1.29, 1.82) is 0 Å². The fourth-order valence-electron chi connectivity index (χ4n) is 3.12. The summed E-state index contributed by atoms with van der Waals surface area (Å²) in [7, 11) is 0. The summed E-state index contributed by atoms with van der Waals surface area (Å²) < 4.78 is 42.6. The number of hydrogen-bond donors (Lipinski definition) is 0. The molecule has 3 heterocycles. The van der Waals surface area contributed by atoms with Crippen LogP contribution in [-0.2, 0) is 17.1 Å². The maximum Gasteiger partial charge on any atom is 0.254 e. The first-order valence-corrected chi connectivity index (χ1v) is 8.14. The number of halogens is 3. The third-order valence-electron chi connectivity index (χ3n) is 4.56. The van der Waals surface area contributed by atoms with E-state index >= 15 is 0 Å². The maximum atomic E-state index is 14.0. The second-order valence-corrected chi connectivity index (χ2v) is 6.36. The summed E-state index contributed by atoms with van der Waals surface area (Å²) >= 11 is 0. The number of benzene rings is 1. The van der Waals surface area contributed by atoms with Gasteiger partial charge in [-0.15, -0.1) is 5.10 Å². The largest absolute Gasteiger partial charge is 0.356 e. The van der Waals surface area contributed by atoms with E-state index in [-0.39, 0.29) is 28.7 Å². The Labute approximate surface area is 158 Å². The first-order valence-electron chi connectivity index (χ1n) is 8.14. The van der Waals surface area contributed by atoms with Gasteiger partial charge in [0.25, 0.3) is 5.78 Å². The Bertz CT molecular complexity index is 914. The van der Waals surface area contributed by atoms with Crippen molar-refractivity contribution in [2.75, 3.05) is 18.0 Å². The molecule has 3 aromatic rings. The van der Waals surface area contributed by atoms with Crippen LogP contribution in [-0.4, -0.2) is 32.7 Å². The van der Waals surface area contributed by atoms with Gasteiger partial charge >= 0.3 is 0 Å². The fraction of sp³-hybridized carbons (Fsp3) is 0.353. The van der Waals surface area contributed by atoms with E-state index in [1.807, 2.05) is 0 Å². The number of rotatable bonds is 2. The second-order valence-electron chi connectivity index (χ2n) is 6.36. The number of piperidine rings is 1. The van der Waals surface area contributed by atoms with Crippen LogP contribution in [0.3, 0.4) is 0 Å². The summed E-state index contributed by atoms with van der Waals surface area (Å²) in [5, 5.41) is 4.23. The van der Waals surface area contributed by atoms with Crippen LogP contribution in [0.1, 0.15) is 19.8 Å². The zero-order valence-corrected chi connectivity index (χ0v) is 14.8. The molecule has 26 heavy (non-hydrogen) atoms. The Hall–Kier alpha value is -2.12. The molecule has 0 saturated carbocycles. The molecule has 0 amide bonds. The maximum absolute atomic E-state index is 14.0. The summed E-state index contributed by atoms with van der Waals surface area (Å²) in [5.41, 5.74) is -0.454. The van der Waals surface area contributed by atoms with Gasteiger partial charge in [0.15, 0.2) is 5.82 Å². The minimum absolute atomic E-state index is 0. The average molecular weight is 411 g/mol. The van der Waals surface area contributed by atoms with Crippen molar-refractivity contribution < 1.29 is 30.2 Å². The van der Waals surface area contributed by atoms with Crippen molar-refractivity contribution in [3.05, 3.63) is 41.8 Å². The molecule has 1 aliphatic rings. The molecule has 1 radical (unpaired) electrons. The number of hydrogen-bond acceptors (Lipinski definition) is 4. The van der Waals surface area contributed by atoms with Crippen LogP contribution in [0.25, 0.3) is 17.2 Å². The molecule has 141 valence electrons. The standard InChI is InChI=1S/C17H16F3N5.Cu/c1-10-3-6-24(7-4-10)14-2-5-21-17-22-16(23-25(14)17)15-12(19)8-11(18)9-13(15)20;/h2,5,8-10H,3-4,6-7H2,1H3;. The van der Waals surface area contributed by atoms with Gasteiger partial charge in [0.05, 0.1) is 5.56 Å². The van der Waals surface area contributed by atoms with E-state index in [2.05, 4.69) is 26.9 Å². The average Bonchev–Trinajstić information content (AvgIpc) is 2.98. The van der Waals surface area contributed by atoms with Gasteiger partial charge in [0, 0.05) is 48.5 Å². The normalized spacial score (nSPS) is 15.3. The molecule has 1 fully saturated rings. The van der Waals surface area contributed by atoms with Gasteiger partial charge in [-0.3, -0.25) is 0 Å². The van der Waals surface area contributed by atoms with E-state index in [4.69, 9.17) is 0 Å². The monoisotopic (exact) mass is 410 g/mol. The minimum atomic E-state index is -1.04. The van der Waals surface area contributed by atoms with E-state index in [1.54, 1.807) is 12.3 Å². The third-order valence-corrected chi connectivity index (χ3v) is 4.56. The van der Waals surface area contributed by atoms with Crippen molar-refractivity contribution in [1.82, 2.24) is 19.6 Å². The fourth-order valence-corrected chi connectivity index (χ4v) is 3.12. The smallest absolute Gasteiger partial charge is 0.254 e. The molecule has 4 rings (SSSR count). The Morgan fingerprint density at radius 1 is 1.08 bits per heavy atom.